The van der Waals surface area contributed by atoms with E-state index in [1.807, 2.05) is 116 Å². The van der Waals surface area contributed by atoms with Gasteiger partial charge in [0.25, 0.3) is 11.8 Å². The molecule has 0 spiro atoms. The Balaban J connectivity index is 0.000000185. The molecule has 376 valence electrons. The first-order valence-corrected chi connectivity index (χ1v) is 22.2. The molecule has 2 amide bonds. The van der Waals surface area contributed by atoms with Gasteiger partial charge in [-0.1, -0.05) is 54.6 Å². The van der Waals surface area contributed by atoms with Crippen LogP contribution in [0.2, 0.25) is 0 Å². The third kappa shape index (κ3) is 14.0. The van der Waals surface area contributed by atoms with Crippen LogP contribution in [-0.4, -0.2) is 45.2 Å². The number of hydrogen-bond donors (Lipinski definition) is 3. The molecule has 10 nitrogen and oxygen atoms in total. The smallest absolute Gasteiger partial charge is 0.417 e. The topological polar surface area (TPSA) is 134 Å². The van der Waals surface area contributed by atoms with E-state index in [9.17, 15) is 35.9 Å². The molecular weight excluding hydrogens is 951 g/mol. The maximum atomic E-state index is 13.3. The van der Waals surface area contributed by atoms with Crippen molar-refractivity contribution in [2.75, 3.05) is 44.8 Å². The minimum atomic E-state index is -4.83. The van der Waals surface area contributed by atoms with Gasteiger partial charge in [-0.25, -0.2) is 0 Å². The number of methoxy groups -OCH3 is 4. The third-order valence-electron chi connectivity index (χ3n) is 11.2. The van der Waals surface area contributed by atoms with Gasteiger partial charge in [0.2, 0.25) is 0 Å². The largest absolute Gasteiger partial charge is 0.497 e. The summed E-state index contributed by atoms with van der Waals surface area (Å²) in [6.45, 7) is 3.57. The zero-order chi connectivity index (χ0) is 52.9. The molecule has 0 atom stereocenters. The molecule has 0 fully saturated rings. The fraction of sp³-hybridized carbons (Fsp3) is 0.140. The van der Waals surface area contributed by atoms with E-state index in [0.29, 0.717) is 35.0 Å². The summed E-state index contributed by atoms with van der Waals surface area (Å²) in [4.78, 5) is 28.7. The van der Waals surface area contributed by atoms with Gasteiger partial charge < -0.3 is 35.3 Å². The van der Waals surface area contributed by atoms with Crippen LogP contribution in [-0.2, 0) is 12.4 Å². The van der Waals surface area contributed by atoms with Crippen LogP contribution in [0.5, 0.6) is 23.0 Å². The molecule has 0 saturated carbocycles. The van der Waals surface area contributed by atoms with Crippen LogP contribution < -0.4 is 35.3 Å². The number of rotatable bonds is 11. The van der Waals surface area contributed by atoms with Crippen LogP contribution in [0.25, 0.3) is 33.4 Å². The summed E-state index contributed by atoms with van der Waals surface area (Å²) in [7, 11) is 6.58. The highest BCUT2D eigenvalue weighted by Crippen LogP contribution is 2.41. The Hall–Kier alpha value is -8.79. The molecule has 0 unspecified atom stereocenters. The number of halogens is 6. The number of alkyl halides is 6. The van der Waals surface area contributed by atoms with Crippen LogP contribution in [0.4, 0.5) is 43.4 Å². The second kappa shape index (κ2) is 23.9. The molecule has 0 saturated heterocycles. The molecule has 16 heteroatoms. The number of anilines is 3. The van der Waals surface area contributed by atoms with Crippen LogP contribution in [0.15, 0.2) is 170 Å². The summed E-state index contributed by atoms with van der Waals surface area (Å²) >= 11 is 0. The predicted octanol–water partition coefficient (Wildman–Crippen LogP) is 14.2. The molecule has 1 heterocycles. The summed E-state index contributed by atoms with van der Waals surface area (Å²) in [6, 6.07) is 43.7. The van der Waals surface area contributed by atoms with Crippen molar-refractivity contribution in [3.05, 3.63) is 203 Å². The van der Waals surface area contributed by atoms with Crippen molar-refractivity contribution in [3.8, 4) is 56.4 Å². The molecule has 0 aliphatic carbocycles. The number of hydrogen-bond acceptors (Lipinski definition) is 8. The molecule has 0 bridgehead atoms. The fourth-order valence-corrected chi connectivity index (χ4v) is 7.36. The van der Waals surface area contributed by atoms with Crippen LogP contribution >= 0.6 is 0 Å². The molecular formula is C57H50F6N4O6. The lowest BCUT2D eigenvalue weighted by Crippen LogP contribution is -2.14. The van der Waals surface area contributed by atoms with Crippen molar-refractivity contribution in [2.24, 2.45) is 0 Å². The van der Waals surface area contributed by atoms with Crippen molar-refractivity contribution in [2.45, 2.75) is 26.2 Å². The standard InChI is InChI=1S/C22H21NO3.C21H14F6N2O.C14H15NO2/c1-15-6-4-5-7-19(15)22(24)23-17-10-8-16(9-11-17)20-14-18(25-2)12-13-21(20)26-3;1-12-16(3-2-10-28-12)19(30)29-15-7-4-13(5-8-15)17-11-14(20(22,23)24)6-9-18(17)21(25,26)27;1-16-12-7-8-14(17-2)13(9-12)10-3-5-11(15)6-4-10/h4-14H,1-3H3,(H,23,24);2-11H,1H3,(H,29,30);3-9H,15H2,1-2H3. The van der Waals surface area contributed by atoms with Gasteiger partial charge in [0.15, 0.2) is 0 Å². The molecule has 7 aromatic carbocycles. The van der Waals surface area contributed by atoms with Gasteiger partial charge >= 0.3 is 12.4 Å². The average Bonchev–Trinajstić information content (AvgIpc) is 3.38. The van der Waals surface area contributed by atoms with Crippen molar-refractivity contribution in [1.29, 1.82) is 0 Å². The van der Waals surface area contributed by atoms with Gasteiger partial charge in [-0.05, 0) is 151 Å². The number of nitrogen functional groups attached to an aromatic ring is 1. The van der Waals surface area contributed by atoms with Gasteiger partial charge in [0.1, 0.15) is 23.0 Å². The normalized spacial score (nSPS) is 10.9. The summed E-state index contributed by atoms with van der Waals surface area (Å²) in [5.41, 5.74) is 10.8. The number of aromatic nitrogens is 1. The van der Waals surface area contributed by atoms with Crippen molar-refractivity contribution >= 4 is 28.9 Å². The number of ether oxygens (including phenoxy) is 4. The monoisotopic (exact) mass is 1000 g/mol. The highest BCUT2D eigenvalue weighted by Gasteiger charge is 2.37. The number of carbonyl (C=O) groups is 2. The lowest BCUT2D eigenvalue weighted by atomic mass is 9.96. The van der Waals surface area contributed by atoms with Crippen molar-refractivity contribution < 1.29 is 54.9 Å². The Bertz CT molecular complexity index is 3160. The van der Waals surface area contributed by atoms with E-state index in [-0.39, 0.29) is 17.2 Å². The minimum absolute atomic E-state index is 0.0658. The Morgan fingerprint density at radius 1 is 0.493 bits per heavy atom. The van der Waals surface area contributed by atoms with Crippen LogP contribution in [0, 0.1) is 13.8 Å². The maximum Gasteiger partial charge on any atom is 0.417 e. The maximum absolute atomic E-state index is 13.3. The third-order valence-corrected chi connectivity index (χ3v) is 11.2. The number of amides is 2. The van der Waals surface area contributed by atoms with E-state index in [1.54, 1.807) is 47.5 Å². The zero-order valence-corrected chi connectivity index (χ0v) is 40.4. The SMILES string of the molecule is COc1ccc(OC)c(-c2ccc(N)cc2)c1.COc1ccc(OC)c(-c2ccc(NC(=O)c3ccccc3C)cc2)c1.Cc1ncccc1C(=O)Nc1ccc(-c2cc(C(F)(F)F)ccc2C(F)(F)F)cc1. The highest BCUT2D eigenvalue weighted by atomic mass is 19.4. The quantitative estimate of drug-likeness (QED) is 0.0862. The Labute approximate surface area is 418 Å². The summed E-state index contributed by atoms with van der Waals surface area (Å²) in [6.07, 6.45) is -8.09. The first-order valence-electron chi connectivity index (χ1n) is 22.2. The molecule has 73 heavy (non-hydrogen) atoms. The van der Waals surface area contributed by atoms with Crippen molar-refractivity contribution in [1.82, 2.24) is 4.98 Å². The lowest BCUT2D eigenvalue weighted by Gasteiger charge is -2.16. The van der Waals surface area contributed by atoms with E-state index in [2.05, 4.69) is 15.6 Å². The van der Waals surface area contributed by atoms with Crippen molar-refractivity contribution in [3.63, 3.8) is 0 Å². The number of aryl methyl sites for hydroxylation is 2. The Morgan fingerprint density at radius 2 is 0.959 bits per heavy atom. The molecule has 8 aromatic rings. The second-order valence-electron chi connectivity index (χ2n) is 16.0. The van der Waals surface area contributed by atoms with Gasteiger partial charge in [-0.3, -0.25) is 14.6 Å². The molecule has 4 N–H and O–H groups in total. The molecule has 0 aliphatic heterocycles. The summed E-state index contributed by atoms with van der Waals surface area (Å²) < 4.78 is 100. The minimum Gasteiger partial charge on any atom is -0.497 e. The Kier molecular flexibility index (Phi) is 17.5. The molecule has 1 aromatic heterocycles. The molecule has 0 aliphatic rings. The number of nitrogens with two attached hydrogens (primary N) is 1. The van der Waals surface area contributed by atoms with Crippen LogP contribution in [0.1, 0.15) is 43.1 Å². The summed E-state index contributed by atoms with van der Waals surface area (Å²) in [5, 5.41) is 5.51. The van der Waals surface area contributed by atoms with Gasteiger partial charge in [0.05, 0.1) is 45.1 Å². The Morgan fingerprint density at radius 3 is 1.41 bits per heavy atom. The average molecular weight is 1000 g/mol. The van der Waals surface area contributed by atoms with E-state index in [4.69, 9.17) is 24.7 Å². The predicted molar refractivity (Wildman–Crippen MR) is 272 cm³/mol. The van der Waals surface area contributed by atoms with Gasteiger partial charge in [-0.15, -0.1) is 0 Å². The highest BCUT2D eigenvalue weighted by molar-refractivity contribution is 6.06. The number of carbonyl (C=O) groups excluding carboxylic acids is 2. The second-order valence-corrected chi connectivity index (χ2v) is 16.0. The first-order chi connectivity index (χ1) is 34.8. The van der Waals surface area contributed by atoms with E-state index >= 15 is 0 Å². The fourth-order valence-electron chi connectivity index (χ4n) is 7.36. The first kappa shape index (κ1) is 53.6. The van der Waals surface area contributed by atoms with E-state index in [0.717, 1.165) is 62.2 Å². The van der Waals surface area contributed by atoms with E-state index in [1.165, 1.54) is 30.5 Å². The van der Waals surface area contributed by atoms with Crippen LogP contribution in [0.3, 0.4) is 0 Å². The molecule has 0 radical (unpaired) electrons. The number of nitrogens with zero attached hydrogens (tertiary/aromatic N) is 1. The number of benzene rings is 7. The number of pyridine rings is 1. The number of nitrogens with one attached hydrogen (secondary N) is 2. The van der Waals surface area contributed by atoms with Gasteiger partial charge in [-0.2, -0.15) is 26.3 Å². The zero-order valence-electron chi connectivity index (χ0n) is 40.4. The lowest BCUT2D eigenvalue weighted by molar-refractivity contribution is -0.141. The van der Waals surface area contributed by atoms with Gasteiger partial charge in [0, 0.05) is 45.6 Å². The summed E-state index contributed by atoms with van der Waals surface area (Å²) in [5.74, 6) is 2.56. The molecule has 8 rings (SSSR count). The van der Waals surface area contributed by atoms with E-state index < -0.39 is 35.0 Å².